The van der Waals surface area contributed by atoms with Crippen LogP contribution in [0.25, 0.3) is 0 Å². The lowest BCUT2D eigenvalue weighted by Crippen LogP contribution is -2.32. The summed E-state index contributed by atoms with van der Waals surface area (Å²) in [5.74, 6) is -4.56. The molecule has 0 aromatic heterocycles. The number of halogens is 8. The van der Waals surface area contributed by atoms with E-state index in [0.717, 1.165) is 13.8 Å². The zero-order chi connectivity index (χ0) is 45.4. The predicted octanol–water partition coefficient (Wildman–Crippen LogP) is 12.8. The van der Waals surface area contributed by atoms with Crippen LogP contribution in [0.4, 0.5) is 34.1 Å². The Balaban J connectivity index is 1.27. The fourth-order valence-corrected chi connectivity index (χ4v) is 6.47. The molecule has 0 bridgehead atoms. The monoisotopic (exact) mass is 994 g/mol. The highest BCUT2D eigenvalue weighted by Gasteiger charge is 2.27. The first-order valence-corrected chi connectivity index (χ1v) is 20.4. The van der Waals surface area contributed by atoms with Crippen LogP contribution in [0.3, 0.4) is 0 Å². The molecule has 14 nitrogen and oxygen atoms in total. The van der Waals surface area contributed by atoms with Crippen LogP contribution in [-0.2, 0) is 19.2 Å². The average molecular weight is 998 g/mol. The molecular formula is C40H26Cl8N8O6. The van der Waals surface area contributed by atoms with Gasteiger partial charge < -0.3 is 21.3 Å². The lowest BCUT2D eigenvalue weighted by Gasteiger charge is -2.15. The van der Waals surface area contributed by atoms with Crippen LogP contribution >= 0.6 is 92.8 Å². The highest BCUT2D eigenvalue weighted by Crippen LogP contribution is 2.37. The van der Waals surface area contributed by atoms with Gasteiger partial charge in [-0.25, -0.2) is 0 Å². The van der Waals surface area contributed by atoms with Crippen LogP contribution in [0.5, 0.6) is 0 Å². The summed E-state index contributed by atoms with van der Waals surface area (Å²) in [6.07, 6.45) is 0. The Labute approximate surface area is 392 Å². The number of Topliss-reactive ketones (excluding diaryl/α,β-unsaturated/α-hetero) is 2. The predicted molar refractivity (Wildman–Crippen MR) is 243 cm³/mol. The zero-order valence-electron chi connectivity index (χ0n) is 31.5. The molecule has 2 atom stereocenters. The van der Waals surface area contributed by atoms with Crippen LogP contribution in [-0.4, -0.2) is 47.3 Å². The number of nitrogens with one attached hydrogen (secondary N) is 4. The van der Waals surface area contributed by atoms with E-state index in [4.69, 9.17) is 92.8 Å². The van der Waals surface area contributed by atoms with Gasteiger partial charge in [-0.1, -0.05) is 92.8 Å². The quantitative estimate of drug-likeness (QED) is 0.0630. The molecule has 0 heterocycles. The number of rotatable bonds is 14. The third-order valence-electron chi connectivity index (χ3n) is 8.20. The van der Waals surface area contributed by atoms with Crippen molar-refractivity contribution in [1.29, 1.82) is 0 Å². The number of amides is 4. The van der Waals surface area contributed by atoms with Crippen LogP contribution in [0.2, 0.25) is 40.2 Å². The van der Waals surface area contributed by atoms with Gasteiger partial charge in [0.05, 0.1) is 52.9 Å². The first-order valence-electron chi connectivity index (χ1n) is 17.4. The van der Waals surface area contributed by atoms with E-state index in [1.165, 1.54) is 72.8 Å². The van der Waals surface area contributed by atoms with Gasteiger partial charge in [0.15, 0.2) is 11.6 Å². The van der Waals surface area contributed by atoms with Crippen molar-refractivity contribution in [2.24, 2.45) is 20.5 Å². The van der Waals surface area contributed by atoms with Crippen molar-refractivity contribution in [2.75, 3.05) is 21.3 Å². The lowest BCUT2D eigenvalue weighted by atomic mass is 10.1. The van der Waals surface area contributed by atoms with Gasteiger partial charge in [-0.15, -0.1) is 0 Å². The second-order valence-electron chi connectivity index (χ2n) is 12.7. The summed E-state index contributed by atoms with van der Waals surface area (Å²) in [6, 6.07) is 16.3. The second-order valence-corrected chi connectivity index (χ2v) is 16.0. The fraction of sp³-hybridized carbons (Fsp3) is 0.100. The maximum absolute atomic E-state index is 13.3. The summed E-state index contributed by atoms with van der Waals surface area (Å²) in [7, 11) is 0. The topological polar surface area (TPSA) is 200 Å². The van der Waals surface area contributed by atoms with Gasteiger partial charge in [0.25, 0.3) is 23.6 Å². The molecule has 0 spiro atoms. The van der Waals surface area contributed by atoms with Gasteiger partial charge in [0.1, 0.15) is 11.4 Å². The highest BCUT2D eigenvalue weighted by atomic mass is 35.5. The Morgan fingerprint density at radius 1 is 0.435 bits per heavy atom. The largest absolute Gasteiger partial charge is 0.322 e. The van der Waals surface area contributed by atoms with E-state index in [-0.39, 0.29) is 75.4 Å². The number of hydrogen-bond donors (Lipinski definition) is 4. The minimum Gasteiger partial charge on any atom is -0.322 e. The van der Waals surface area contributed by atoms with Crippen LogP contribution in [0.1, 0.15) is 34.6 Å². The smallest absolute Gasteiger partial charge is 0.258 e. The molecule has 4 amide bonds. The molecular weight excluding hydrogens is 972 g/mol. The molecule has 5 aromatic rings. The summed E-state index contributed by atoms with van der Waals surface area (Å²) in [4.78, 5) is 77.6. The van der Waals surface area contributed by atoms with Crippen molar-refractivity contribution >= 4 is 162 Å². The van der Waals surface area contributed by atoms with Gasteiger partial charge in [-0.2, -0.15) is 20.5 Å². The van der Waals surface area contributed by atoms with Crippen LogP contribution in [0, 0.1) is 0 Å². The van der Waals surface area contributed by atoms with E-state index in [1.807, 2.05) is 0 Å². The second kappa shape index (κ2) is 21.3. The maximum atomic E-state index is 13.3. The molecule has 318 valence electrons. The Hall–Kier alpha value is -5.16. The number of carbonyl (C=O) groups is 6. The lowest BCUT2D eigenvalue weighted by molar-refractivity contribution is -0.127. The molecule has 0 radical (unpaired) electrons. The molecule has 0 fully saturated rings. The first-order chi connectivity index (χ1) is 29.3. The molecule has 5 rings (SSSR count). The summed E-state index contributed by atoms with van der Waals surface area (Å²) >= 11 is 49.8. The van der Waals surface area contributed by atoms with Crippen molar-refractivity contribution < 1.29 is 28.8 Å². The number of anilines is 4. The number of ketones is 2. The minimum atomic E-state index is -1.71. The number of carbonyl (C=O) groups excluding carboxylic acids is 6. The van der Waals surface area contributed by atoms with Crippen LogP contribution in [0.15, 0.2) is 105 Å². The summed E-state index contributed by atoms with van der Waals surface area (Å²) < 4.78 is 0. The zero-order valence-corrected chi connectivity index (χ0v) is 37.5. The van der Waals surface area contributed by atoms with Crippen molar-refractivity contribution in [2.45, 2.75) is 25.9 Å². The van der Waals surface area contributed by atoms with Gasteiger partial charge >= 0.3 is 0 Å². The van der Waals surface area contributed by atoms with Crippen molar-refractivity contribution in [3.8, 4) is 0 Å². The molecule has 22 heteroatoms. The molecule has 5 aromatic carbocycles. The maximum Gasteiger partial charge on any atom is 0.258 e. The van der Waals surface area contributed by atoms with Gasteiger partial charge in [0.2, 0.25) is 12.1 Å². The third-order valence-corrected chi connectivity index (χ3v) is 10.8. The molecule has 62 heavy (non-hydrogen) atoms. The third kappa shape index (κ3) is 12.3. The van der Waals surface area contributed by atoms with E-state index in [9.17, 15) is 28.8 Å². The number of nitrogens with zero attached hydrogens (tertiary/aromatic N) is 4. The van der Waals surface area contributed by atoms with E-state index in [0.29, 0.717) is 10.0 Å². The molecule has 0 saturated carbocycles. The Kier molecular flexibility index (Phi) is 16.4. The highest BCUT2D eigenvalue weighted by molar-refractivity contribution is 6.46. The van der Waals surface area contributed by atoms with Crippen molar-refractivity contribution in [1.82, 2.24) is 0 Å². The van der Waals surface area contributed by atoms with E-state index >= 15 is 0 Å². The Morgan fingerprint density at radius 2 is 0.790 bits per heavy atom. The fourth-order valence-electron chi connectivity index (χ4n) is 5.06. The molecule has 0 aliphatic rings. The number of benzene rings is 5. The van der Waals surface area contributed by atoms with E-state index in [1.54, 1.807) is 12.1 Å². The minimum absolute atomic E-state index is 0.0418. The molecule has 2 unspecified atom stereocenters. The normalized spacial score (nSPS) is 12.2. The molecule has 0 aliphatic heterocycles. The summed E-state index contributed by atoms with van der Waals surface area (Å²) in [5, 5.41) is 26.5. The number of hydrogen-bond acceptors (Lipinski definition) is 10. The van der Waals surface area contributed by atoms with E-state index in [2.05, 4.69) is 41.7 Å². The molecule has 0 aliphatic carbocycles. The van der Waals surface area contributed by atoms with Gasteiger partial charge in [0, 0.05) is 21.2 Å². The summed E-state index contributed by atoms with van der Waals surface area (Å²) in [5.41, 5.74) is 0.430. The van der Waals surface area contributed by atoms with Crippen molar-refractivity contribution in [3.63, 3.8) is 0 Å². The van der Waals surface area contributed by atoms with Gasteiger partial charge in [-0.3, -0.25) is 28.8 Å². The average Bonchev–Trinajstić information content (AvgIpc) is 3.21. The van der Waals surface area contributed by atoms with Crippen molar-refractivity contribution in [3.05, 3.63) is 136 Å². The Bertz CT molecular complexity index is 2530. The summed E-state index contributed by atoms with van der Waals surface area (Å²) in [6.45, 7) is 2.19. The van der Waals surface area contributed by atoms with Crippen LogP contribution < -0.4 is 21.3 Å². The Morgan fingerprint density at radius 3 is 1.15 bits per heavy atom. The molecule has 0 saturated heterocycles. The molecule has 4 N–H and O–H groups in total. The van der Waals surface area contributed by atoms with Gasteiger partial charge in [-0.05, 0) is 98.8 Å². The number of azo groups is 2. The standard InChI is InChI=1S/C40H26Cl8N8O6/c1-17(57)35(55-53-31-13-19(3-7-25(31)45)37(59)51-29-15-21(41)5-9-23(29)43)39(61)49-27-11-12-28(34(48)33(27)47)50-40(62)36(18(2)58)56-54-32-14-20(4-8-26(32)46)38(60)52-30-16-22(42)6-10-24(30)44/h3-16,35-36H,1-2H3,(H,49,61)(H,50,62)(H,51,59)(H,52,60). The van der Waals surface area contributed by atoms with E-state index < -0.39 is 47.3 Å². The first kappa shape index (κ1) is 47.9. The SMILES string of the molecule is CC(=O)C(N=Nc1cc(C(=O)Nc2cc(Cl)ccc2Cl)ccc1Cl)C(=O)Nc1ccc(NC(=O)C(N=Nc2cc(C(=O)Nc3cc(Cl)ccc3Cl)ccc2Cl)C(C)=O)c(Cl)c1Cl.